The average molecular weight is 222 g/mol. The lowest BCUT2D eigenvalue weighted by atomic mass is 9.85. The van der Waals surface area contributed by atoms with Crippen LogP contribution in [0.4, 0.5) is 0 Å². The number of aliphatic hydroxyl groups is 1. The van der Waals surface area contributed by atoms with Gasteiger partial charge < -0.3 is 5.11 Å². The zero-order valence-corrected chi connectivity index (χ0v) is 10.7. The molecule has 1 unspecified atom stereocenters. The maximum Gasteiger partial charge on any atom is 0.117 e. The van der Waals surface area contributed by atoms with Gasteiger partial charge in [0.05, 0.1) is 0 Å². The van der Waals surface area contributed by atoms with Gasteiger partial charge in [0.15, 0.2) is 0 Å². The summed E-state index contributed by atoms with van der Waals surface area (Å²) in [5, 5.41) is 9.90. The van der Waals surface area contributed by atoms with Crippen LogP contribution in [0.5, 0.6) is 0 Å². The van der Waals surface area contributed by atoms with Crippen molar-refractivity contribution in [1.82, 2.24) is 0 Å². The maximum absolute atomic E-state index is 9.90. The summed E-state index contributed by atoms with van der Waals surface area (Å²) in [5.41, 5.74) is 0. The molecule has 0 heterocycles. The maximum atomic E-state index is 9.90. The number of hydrogen-bond donors (Lipinski definition) is 1. The Balaban J connectivity index is 2.12. The first kappa shape index (κ1) is 13.6. The van der Waals surface area contributed by atoms with Gasteiger partial charge in [0, 0.05) is 6.42 Å². The van der Waals surface area contributed by atoms with Crippen molar-refractivity contribution in [1.29, 1.82) is 0 Å². The molecule has 0 radical (unpaired) electrons. The fourth-order valence-corrected chi connectivity index (χ4v) is 2.38. The first-order chi connectivity index (χ1) is 7.84. The summed E-state index contributed by atoms with van der Waals surface area (Å²) in [7, 11) is 0. The van der Waals surface area contributed by atoms with Gasteiger partial charge >= 0.3 is 0 Å². The summed E-state index contributed by atoms with van der Waals surface area (Å²) in [6, 6.07) is 0. The Morgan fingerprint density at radius 3 is 2.56 bits per heavy atom. The van der Waals surface area contributed by atoms with Crippen molar-refractivity contribution in [3.8, 4) is 11.8 Å². The first-order valence-corrected chi connectivity index (χ1v) is 7.01. The van der Waals surface area contributed by atoms with Gasteiger partial charge in [-0.25, -0.2) is 0 Å². The standard InChI is InChI=1S/C15H26O/c1-2-3-4-5-6-10-13-15(16)14-11-8-7-9-12-14/h14-16H,2-9,11-12H2,1H3. The minimum absolute atomic E-state index is 0.355. The third kappa shape index (κ3) is 5.56. The van der Waals surface area contributed by atoms with Crippen LogP contribution in [0.3, 0.4) is 0 Å². The molecular formula is C15H26O. The van der Waals surface area contributed by atoms with E-state index >= 15 is 0 Å². The highest BCUT2D eigenvalue weighted by molar-refractivity contribution is 5.06. The van der Waals surface area contributed by atoms with Crippen molar-refractivity contribution in [2.45, 2.75) is 77.2 Å². The summed E-state index contributed by atoms with van der Waals surface area (Å²) in [6.07, 6.45) is 11.9. The van der Waals surface area contributed by atoms with E-state index in [0.717, 1.165) is 6.42 Å². The zero-order chi connectivity index (χ0) is 11.6. The number of rotatable bonds is 5. The van der Waals surface area contributed by atoms with E-state index < -0.39 is 0 Å². The molecule has 92 valence electrons. The summed E-state index contributed by atoms with van der Waals surface area (Å²) < 4.78 is 0. The van der Waals surface area contributed by atoms with E-state index in [4.69, 9.17) is 0 Å². The molecule has 0 aliphatic heterocycles. The van der Waals surface area contributed by atoms with Gasteiger partial charge in [-0.1, -0.05) is 51.4 Å². The van der Waals surface area contributed by atoms with Gasteiger partial charge in [0.1, 0.15) is 6.10 Å². The van der Waals surface area contributed by atoms with Gasteiger partial charge in [0.2, 0.25) is 0 Å². The van der Waals surface area contributed by atoms with Crippen LogP contribution >= 0.6 is 0 Å². The van der Waals surface area contributed by atoms with Gasteiger partial charge in [-0.15, -0.1) is 5.92 Å². The number of unbranched alkanes of at least 4 members (excludes halogenated alkanes) is 4. The number of aliphatic hydroxyl groups excluding tert-OH is 1. The van der Waals surface area contributed by atoms with Crippen LogP contribution < -0.4 is 0 Å². The van der Waals surface area contributed by atoms with E-state index in [-0.39, 0.29) is 6.10 Å². The summed E-state index contributed by atoms with van der Waals surface area (Å²) >= 11 is 0. The predicted molar refractivity (Wildman–Crippen MR) is 69.1 cm³/mol. The van der Waals surface area contributed by atoms with Crippen molar-refractivity contribution in [2.75, 3.05) is 0 Å². The highest BCUT2D eigenvalue weighted by atomic mass is 16.3. The first-order valence-electron chi connectivity index (χ1n) is 7.01. The molecule has 1 fully saturated rings. The summed E-state index contributed by atoms with van der Waals surface area (Å²) in [6.45, 7) is 2.22. The van der Waals surface area contributed by atoms with Crippen molar-refractivity contribution in [3.05, 3.63) is 0 Å². The molecule has 16 heavy (non-hydrogen) atoms. The van der Waals surface area contributed by atoms with Gasteiger partial charge in [-0.05, 0) is 25.2 Å². The monoisotopic (exact) mass is 222 g/mol. The van der Waals surface area contributed by atoms with Crippen molar-refractivity contribution < 1.29 is 5.11 Å². The topological polar surface area (TPSA) is 20.2 Å². The molecule has 0 spiro atoms. The normalized spacial score (nSPS) is 18.9. The molecule has 0 aromatic carbocycles. The van der Waals surface area contributed by atoms with Crippen LogP contribution in [0, 0.1) is 17.8 Å². The van der Waals surface area contributed by atoms with E-state index in [2.05, 4.69) is 18.8 Å². The van der Waals surface area contributed by atoms with Crippen LogP contribution in [0.1, 0.15) is 71.1 Å². The molecule has 1 rings (SSSR count). The molecule has 0 saturated heterocycles. The third-order valence-corrected chi connectivity index (χ3v) is 3.50. The number of hydrogen-bond acceptors (Lipinski definition) is 1. The minimum Gasteiger partial charge on any atom is -0.380 e. The fraction of sp³-hybridized carbons (Fsp3) is 0.867. The molecule has 1 saturated carbocycles. The largest absolute Gasteiger partial charge is 0.380 e. The van der Waals surface area contributed by atoms with Crippen LogP contribution in [0.25, 0.3) is 0 Å². The van der Waals surface area contributed by atoms with Crippen LogP contribution in [-0.2, 0) is 0 Å². The lowest BCUT2D eigenvalue weighted by molar-refractivity contribution is 0.133. The Labute approximate surface area is 101 Å². The second-order valence-electron chi connectivity index (χ2n) is 4.97. The molecule has 0 aromatic rings. The average Bonchev–Trinajstić information content (AvgIpc) is 2.34. The molecule has 0 bridgehead atoms. The minimum atomic E-state index is -0.355. The van der Waals surface area contributed by atoms with Gasteiger partial charge in [-0.2, -0.15) is 0 Å². The van der Waals surface area contributed by atoms with Gasteiger partial charge in [0.25, 0.3) is 0 Å². The molecule has 1 nitrogen and oxygen atoms in total. The Morgan fingerprint density at radius 1 is 1.12 bits per heavy atom. The predicted octanol–water partition coefficient (Wildman–Crippen LogP) is 3.90. The molecule has 1 atom stereocenters. The SMILES string of the molecule is CCCCCCC#CC(O)C1CCCCC1. The quantitative estimate of drug-likeness (QED) is 0.552. The molecule has 1 heteroatoms. The lowest BCUT2D eigenvalue weighted by Crippen LogP contribution is -2.21. The third-order valence-electron chi connectivity index (χ3n) is 3.50. The van der Waals surface area contributed by atoms with E-state index in [1.165, 1.54) is 57.8 Å². The van der Waals surface area contributed by atoms with Crippen LogP contribution in [0.15, 0.2) is 0 Å². The smallest absolute Gasteiger partial charge is 0.117 e. The van der Waals surface area contributed by atoms with Crippen LogP contribution in [-0.4, -0.2) is 11.2 Å². The van der Waals surface area contributed by atoms with Crippen molar-refractivity contribution in [3.63, 3.8) is 0 Å². The molecule has 1 aliphatic rings. The molecular weight excluding hydrogens is 196 g/mol. The second-order valence-corrected chi connectivity index (χ2v) is 4.97. The zero-order valence-electron chi connectivity index (χ0n) is 10.7. The second kappa shape index (κ2) is 8.65. The molecule has 1 N–H and O–H groups in total. The summed E-state index contributed by atoms with van der Waals surface area (Å²) in [5.74, 6) is 6.63. The highest BCUT2D eigenvalue weighted by Crippen LogP contribution is 2.26. The van der Waals surface area contributed by atoms with Crippen molar-refractivity contribution in [2.24, 2.45) is 5.92 Å². The van der Waals surface area contributed by atoms with Gasteiger partial charge in [-0.3, -0.25) is 0 Å². The molecule has 1 aliphatic carbocycles. The summed E-state index contributed by atoms with van der Waals surface area (Å²) in [4.78, 5) is 0. The Kier molecular flexibility index (Phi) is 7.34. The Morgan fingerprint density at radius 2 is 1.88 bits per heavy atom. The van der Waals surface area contributed by atoms with E-state index in [1.807, 2.05) is 0 Å². The molecule has 0 aromatic heterocycles. The van der Waals surface area contributed by atoms with E-state index in [9.17, 15) is 5.11 Å². The van der Waals surface area contributed by atoms with Crippen molar-refractivity contribution >= 4 is 0 Å². The van der Waals surface area contributed by atoms with Crippen LogP contribution in [0.2, 0.25) is 0 Å². The van der Waals surface area contributed by atoms with E-state index in [1.54, 1.807) is 0 Å². The van der Waals surface area contributed by atoms with E-state index in [0.29, 0.717) is 5.92 Å². The Hall–Kier alpha value is -0.480. The highest BCUT2D eigenvalue weighted by Gasteiger charge is 2.19. The fourth-order valence-electron chi connectivity index (χ4n) is 2.38. The Bertz CT molecular complexity index is 217. The lowest BCUT2D eigenvalue weighted by Gasteiger charge is -2.23. The molecule has 0 amide bonds.